The highest BCUT2D eigenvalue weighted by molar-refractivity contribution is 5.89. The van der Waals surface area contributed by atoms with Gasteiger partial charge in [-0.3, -0.25) is 14.7 Å². The van der Waals surface area contributed by atoms with Crippen LogP contribution in [-0.4, -0.2) is 37.0 Å². The lowest BCUT2D eigenvalue weighted by atomic mass is 10.1. The summed E-state index contributed by atoms with van der Waals surface area (Å²) in [5, 5.41) is 12.0. The van der Waals surface area contributed by atoms with Gasteiger partial charge in [-0.2, -0.15) is 10.2 Å². The lowest BCUT2D eigenvalue weighted by Gasteiger charge is -2.20. The second-order valence-corrected chi connectivity index (χ2v) is 7.42. The van der Waals surface area contributed by atoms with Crippen LogP contribution in [0.1, 0.15) is 41.8 Å². The van der Waals surface area contributed by atoms with Gasteiger partial charge in [0, 0.05) is 36.6 Å². The number of nitrogens with one attached hydrogen (secondary N) is 1. The Labute approximate surface area is 165 Å². The van der Waals surface area contributed by atoms with Gasteiger partial charge in [0.05, 0.1) is 18.8 Å². The molecule has 3 aromatic rings. The van der Waals surface area contributed by atoms with Crippen molar-refractivity contribution in [3.05, 3.63) is 65.1 Å². The van der Waals surface area contributed by atoms with E-state index in [4.69, 9.17) is 0 Å². The zero-order valence-corrected chi connectivity index (χ0v) is 16.6. The molecule has 2 amide bonds. The molecular formula is C21H26N6O. The Bertz CT molecular complexity index is 974. The molecule has 0 saturated heterocycles. The standard InChI is InChI=1S/C21H26N6O/c1-15-13-27(16(2)17-8-5-4-6-9-17)24-20(15)23-21(28)26-11-7-10-19-18(14-26)12-22-25(19)3/h4-6,8-9,12-13,16H,7,10-11,14H2,1-3H3,(H,23,24,28). The third-order valence-corrected chi connectivity index (χ3v) is 5.46. The van der Waals surface area contributed by atoms with Crippen LogP contribution in [0.3, 0.4) is 0 Å². The quantitative estimate of drug-likeness (QED) is 0.758. The van der Waals surface area contributed by atoms with E-state index in [1.165, 1.54) is 11.3 Å². The van der Waals surface area contributed by atoms with Crippen molar-refractivity contribution in [2.24, 2.45) is 7.05 Å². The van der Waals surface area contributed by atoms with Crippen LogP contribution >= 0.6 is 0 Å². The number of anilines is 1. The second-order valence-electron chi connectivity index (χ2n) is 7.42. The summed E-state index contributed by atoms with van der Waals surface area (Å²) in [5.41, 5.74) is 4.47. The molecule has 0 saturated carbocycles. The van der Waals surface area contributed by atoms with Crippen LogP contribution in [0, 0.1) is 6.92 Å². The normalized spacial score (nSPS) is 15.0. The maximum absolute atomic E-state index is 12.9. The van der Waals surface area contributed by atoms with E-state index in [0.717, 1.165) is 30.5 Å². The maximum atomic E-state index is 12.9. The predicted molar refractivity (Wildman–Crippen MR) is 108 cm³/mol. The smallest absolute Gasteiger partial charge is 0.320 e. The van der Waals surface area contributed by atoms with Crippen LogP contribution in [0.25, 0.3) is 0 Å². The van der Waals surface area contributed by atoms with E-state index in [1.807, 2.05) is 58.8 Å². The van der Waals surface area contributed by atoms with E-state index < -0.39 is 0 Å². The van der Waals surface area contributed by atoms with E-state index in [9.17, 15) is 4.79 Å². The van der Waals surface area contributed by atoms with E-state index in [1.54, 1.807) is 0 Å². The van der Waals surface area contributed by atoms with E-state index in [2.05, 4.69) is 34.6 Å². The first-order valence-electron chi connectivity index (χ1n) is 9.69. The Morgan fingerprint density at radius 3 is 2.82 bits per heavy atom. The fourth-order valence-electron chi connectivity index (χ4n) is 3.73. The summed E-state index contributed by atoms with van der Waals surface area (Å²) in [6.07, 6.45) is 5.72. The molecule has 1 aromatic carbocycles. The summed E-state index contributed by atoms with van der Waals surface area (Å²) < 4.78 is 3.81. The molecule has 1 N–H and O–H groups in total. The topological polar surface area (TPSA) is 68.0 Å². The number of aromatic nitrogens is 4. The first-order valence-corrected chi connectivity index (χ1v) is 9.69. The van der Waals surface area contributed by atoms with Crippen molar-refractivity contribution in [3.8, 4) is 0 Å². The van der Waals surface area contributed by atoms with Gasteiger partial charge >= 0.3 is 6.03 Å². The molecule has 146 valence electrons. The van der Waals surface area contributed by atoms with Gasteiger partial charge in [-0.05, 0) is 32.3 Å². The third kappa shape index (κ3) is 3.52. The van der Waals surface area contributed by atoms with Gasteiger partial charge in [0.1, 0.15) is 0 Å². The third-order valence-electron chi connectivity index (χ3n) is 5.46. The minimum Gasteiger partial charge on any atom is -0.320 e. The van der Waals surface area contributed by atoms with E-state index in [0.29, 0.717) is 12.4 Å². The van der Waals surface area contributed by atoms with Crippen LogP contribution in [0.4, 0.5) is 10.6 Å². The molecule has 0 bridgehead atoms. The second kappa shape index (κ2) is 7.50. The molecule has 4 rings (SSSR count). The number of rotatable bonds is 3. The minimum atomic E-state index is -0.114. The van der Waals surface area contributed by atoms with Gasteiger partial charge in [-0.15, -0.1) is 0 Å². The molecule has 7 nitrogen and oxygen atoms in total. The molecular weight excluding hydrogens is 352 g/mol. The molecule has 1 aliphatic heterocycles. The van der Waals surface area contributed by atoms with Crippen molar-refractivity contribution in [2.45, 2.75) is 39.3 Å². The number of hydrogen-bond donors (Lipinski definition) is 1. The van der Waals surface area contributed by atoms with Crippen molar-refractivity contribution < 1.29 is 4.79 Å². The largest absolute Gasteiger partial charge is 0.323 e. The van der Waals surface area contributed by atoms with Gasteiger partial charge in [0.25, 0.3) is 0 Å². The molecule has 7 heteroatoms. The Morgan fingerprint density at radius 2 is 2.04 bits per heavy atom. The lowest BCUT2D eigenvalue weighted by molar-refractivity contribution is 0.210. The number of fused-ring (bicyclic) bond motifs is 1. The minimum absolute atomic E-state index is 0.0988. The first-order chi connectivity index (χ1) is 13.5. The summed E-state index contributed by atoms with van der Waals surface area (Å²) >= 11 is 0. The summed E-state index contributed by atoms with van der Waals surface area (Å²) in [6, 6.07) is 10.2. The van der Waals surface area contributed by atoms with Gasteiger partial charge in [0.2, 0.25) is 0 Å². The van der Waals surface area contributed by atoms with Crippen molar-refractivity contribution >= 4 is 11.8 Å². The number of urea groups is 1. The average Bonchev–Trinajstić information content (AvgIpc) is 3.15. The Morgan fingerprint density at radius 1 is 1.25 bits per heavy atom. The van der Waals surface area contributed by atoms with Gasteiger partial charge in [-0.25, -0.2) is 4.79 Å². The highest BCUT2D eigenvalue weighted by atomic mass is 16.2. The Hall–Kier alpha value is -3.09. The number of carbonyl (C=O) groups excluding carboxylic acids is 1. The van der Waals surface area contributed by atoms with Gasteiger partial charge < -0.3 is 4.90 Å². The van der Waals surface area contributed by atoms with Gasteiger partial charge in [0.15, 0.2) is 5.82 Å². The highest BCUT2D eigenvalue weighted by Crippen LogP contribution is 2.22. The molecule has 0 aliphatic carbocycles. The molecule has 1 unspecified atom stereocenters. The molecule has 0 fully saturated rings. The SMILES string of the molecule is Cc1cn(C(C)c2ccccc2)nc1NC(=O)N1CCCc2c(cnn2C)C1. The number of benzene rings is 1. The van der Waals surface area contributed by atoms with Crippen molar-refractivity contribution in [1.82, 2.24) is 24.5 Å². The monoisotopic (exact) mass is 378 g/mol. The molecule has 28 heavy (non-hydrogen) atoms. The zero-order chi connectivity index (χ0) is 19.7. The van der Waals surface area contributed by atoms with Crippen molar-refractivity contribution in [1.29, 1.82) is 0 Å². The summed E-state index contributed by atoms with van der Waals surface area (Å²) in [5.74, 6) is 0.614. The Balaban J connectivity index is 1.48. The average molecular weight is 378 g/mol. The Kier molecular flexibility index (Phi) is 4.90. The number of carbonyl (C=O) groups is 1. The van der Waals surface area contributed by atoms with Crippen LogP contribution in [0.2, 0.25) is 0 Å². The van der Waals surface area contributed by atoms with Crippen LogP contribution in [0.5, 0.6) is 0 Å². The summed E-state index contributed by atoms with van der Waals surface area (Å²) in [7, 11) is 1.96. The van der Waals surface area contributed by atoms with Crippen molar-refractivity contribution in [3.63, 3.8) is 0 Å². The molecule has 1 atom stereocenters. The number of amides is 2. The van der Waals surface area contributed by atoms with Crippen LogP contribution in [0.15, 0.2) is 42.7 Å². The van der Waals surface area contributed by atoms with Crippen molar-refractivity contribution in [2.75, 3.05) is 11.9 Å². The molecule has 0 radical (unpaired) electrons. The summed E-state index contributed by atoms with van der Waals surface area (Å²) in [6.45, 7) is 5.38. The van der Waals surface area contributed by atoms with Crippen LogP contribution in [-0.2, 0) is 20.0 Å². The number of nitrogens with zero attached hydrogens (tertiary/aromatic N) is 5. The number of aryl methyl sites for hydroxylation is 2. The first kappa shape index (κ1) is 18.3. The zero-order valence-electron chi connectivity index (χ0n) is 16.6. The summed E-state index contributed by atoms with van der Waals surface area (Å²) in [4.78, 5) is 14.7. The fourth-order valence-corrected chi connectivity index (χ4v) is 3.73. The fraction of sp³-hybridized carbons (Fsp3) is 0.381. The molecule has 0 spiro atoms. The lowest BCUT2D eigenvalue weighted by Crippen LogP contribution is -2.34. The maximum Gasteiger partial charge on any atom is 0.323 e. The molecule has 1 aliphatic rings. The van der Waals surface area contributed by atoms with E-state index >= 15 is 0 Å². The van der Waals surface area contributed by atoms with Gasteiger partial charge in [-0.1, -0.05) is 30.3 Å². The van der Waals surface area contributed by atoms with E-state index in [-0.39, 0.29) is 12.1 Å². The predicted octanol–water partition coefficient (Wildman–Crippen LogP) is 3.51. The molecule has 2 aromatic heterocycles. The highest BCUT2D eigenvalue weighted by Gasteiger charge is 2.22. The molecule has 3 heterocycles. The number of hydrogen-bond acceptors (Lipinski definition) is 3. The van der Waals surface area contributed by atoms with Crippen LogP contribution < -0.4 is 5.32 Å².